The Balaban J connectivity index is 1.99. The quantitative estimate of drug-likeness (QED) is 0.596. The molecule has 6 heteroatoms. The van der Waals surface area contributed by atoms with Gasteiger partial charge < -0.3 is 9.47 Å². The highest BCUT2D eigenvalue weighted by Gasteiger charge is 2.36. The van der Waals surface area contributed by atoms with Crippen molar-refractivity contribution in [1.82, 2.24) is 0 Å². The Morgan fingerprint density at radius 1 is 1.41 bits per heavy atom. The van der Waals surface area contributed by atoms with Gasteiger partial charge in [0, 0.05) is 0 Å². The maximum atomic E-state index is 11.7. The molecule has 2 unspecified atom stereocenters. The number of para-hydroxylation sites is 1. The average Bonchev–Trinajstić information content (AvgIpc) is 2.76. The van der Waals surface area contributed by atoms with E-state index in [2.05, 4.69) is 4.99 Å². The van der Waals surface area contributed by atoms with Crippen molar-refractivity contribution in [3.63, 3.8) is 0 Å². The molecular formula is C11H8ClNO4. The molecule has 0 N–H and O–H groups in total. The zero-order valence-electron chi connectivity index (χ0n) is 8.58. The summed E-state index contributed by atoms with van der Waals surface area (Å²) in [5.41, 5.74) is -1.28. The third-order valence-electron chi connectivity index (χ3n) is 2.07. The summed E-state index contributed by atoms with van der Waals surface area (Å²) in [6.07, 6.45) is -0.363. The number of alkyl halides is 1. The summed E-state index contributed by atoms with van der Waals surface area (Å²) in [5, 5.41) is 0. The van der Waals surface area contributed by atoms with Crippen LogP contribution in [0.15, 0.2) is 35.3 Å². The van der Waals surface area contributed by atoms with Gasteiger partial charge in [-0.05, 0) is 12.1 Å². The minimum atomic E-state index is -1.29. The molecule has 0 bridgehead atoms. The number of benzene rings is 1. The molecule has 0 aromatic heterocycles. The van der Waals surface area contributed by atoms with E-state index in [9.17, 15) is 9.59 Å². The largest absolute Gasteiger partial charge is 0.467 e. The second kappa shape index (κ2) is 4.97. The first kappa shape index (κ1) is 11.6. The van der Waals surface area contributed by atoms with Crippen molar-refractivity contribution in [2.24, 2.45) is 4.99 Å². The summed E-state index contributed by atoms with van der Waals surface area (Å²) >= 11 is 5.75. The molecule has 88 valence electrons. The number of aliphatic imine (C=N–C) groups is 1. The Morgan fingerprint density at radius 3 is 2.71 bits per heavy atom. The van der Waals surface area contributed by atoms with Crippen LogP contribution in [0, 0.1) is 0 Å². The zero-order chi connectivity index (χ0) is 12.3. The fraction of sp³-hybridized carbons (Fsp3) is 0.182. The molecule has 1 aromatic rings. The van der Waals surface area contributed by atoms with E-state index in [0.717, 1.165) is 6.40 Å². The van der Waals surface area contributed by atoms with Crippen LogP contribution in [-0.4, -0.2) is 29.8 Å². The fourth-order valence-electron chi connectivity index (χ4n) is 1.25. The predicted octanol–water partition coefficient (Wildman–Crippen LogP) is 1.15. The molecule has 5 nitrogen and oxygen atoms in total. The van der Waals surface area contributed by atoms with Gasteiger partial charge in [0.2, 0.25) is 17.5 Å². The Labute approximate surface area is 102 Å². The molecule has 2 atom stereocenters. The molecule has 0 saturated carbocycles. The van der Waals surface area contributed by atoms with Gasteiger partial charge in [-0.3, -0.25) is 9.59 Å². The second-order valence-corrected chi connectivity index (χ2v) is 3.63. The number of carbonyl (C=O) groups excluding carboxylic acids is 2. The van der Waals surface area contributed by atoms with Gasteiger partial charge >= 0.3 is 0 Å². The van der Waals surface area contributed by atoms with Crippen LogP contribution in [0.4, 0.5) is 0 Å². The zero-order valence-corrected chi connectivity index (χ0v) is 9.33. The number of hydrogen-bond donors (Lipinski definition) is 0. The van der Waals surface area contributed by atoms with Crippen LogP contribution in [-0.2, 0) is 14.3 Å². The number of halogens is 1. The molecule has 1 aromatic carbocycles. The van der Waals surface area contributed by atoms with Crippen molar-refractivity contribution in [2.45, 2.75) is 11.7 Å². The van der Waals surface area contributed by atoms with Gasteiger partial charge in [0.05, 0.1) is 0 Å². The number of carbonyl (C=O) groups is 2. The monoisotopic (exact) mass is 253 g/mol. The van der Waals surface area contributed by atoms with E-state index in [4.69, 9.17) is 21.1 Å². The van der Waals surface area contributed by atoms with Gasteiger partial charge in [-0.2, -0.15) is 4.99 Å². The number of amides is 1. The average molecular weight is 254 g/mol. The summed E-state index contributed by atoms with van der Waals surface area (Å²) in [6, 6.07) is 8.58. The van der Waals surface area contributed by atoms with Gasteiger partial charge in [-0.1, -0.05) is 29.8 Å². The fourth-order valence-corrected chi connectivity index (χ4v) is 1.47. The van der Waals surface area contributed by atoms with Crippen molar-refractivity contribution in [2.75, 3.05) is 0 Å². The molecular weight excluding hydrogens is 246 g/mol. The second-order valence-electron chi connectivity index (χ2n) is 3.24. The molecule has 1 heterocycles. The highest BCUT2D eigenvalue weighted by molar-refractivity contribution is 6.33. The predicted molar refractivity (Wildman–Crippen MR) is 60.1 cm³/mol. The van der Waals surface area contributed by atoms with E-state index in [1.165, 1.54) is 0 Å². The number of rotatable bonds is 4. The number of hydrogen-bond acceptors (Lipinski definition) is 4. The summed E-state index contributed by atoms with van der Waals surface area (Å²) in [5.74, 6) is -0.900. The van der Waals surface area contributed by atoms with Crippen LogP contribution in [0.2, 0.25) is 0 Å². The van der Waals surface area contributed by atoms with Gasteiger partial charge in [-0.25, -0.2) is 0 Å². The van der Waals surface area contributed by atoms with Crippen LogP contribution in [0.3, 0.4) is 0 Å². The van der Waals surface area contributed by atoms with Gasteiger partial charge in [0.25, 0.3) is 5.91 Å². The summed E-state index contributed by atoms with van der Waals surface area (Å²) < 4.78 is 9.90. The van der Waals surface area contributed by atoms with Crippen LogP contribution in [0.1, 0.15) is 0 Å². The smallest absolute Gasteiger partial charge is 0.297 e. The molecule has 0 spiro atoms. The van der Waals surface area contributed by atoms with Crippen LogP contribution >= 0.6 is 11.6 Å². The maximum Gasteiger partial charge on any atom is 0.297 e. The lowest BCUT2D eigenvalue weighted by Gasteiger charge is -2.13. The summed E-state index contributed by atoms with van der Waals surface area (Å²) in [7, 11) is 0. The Bertz CT molecular complexity index is 460. The Hall–Kier alpha value is -1.88. The van der Waals surface area contributed by atoms with E-state index in [1.807, 2.05) is 0 Å². The van der Waals surface area contributed by atoms with Crippen molar-refractivity contribution in [1.29, 1.82) is 0 Å². The van der Waals surface area contributed by atoms with Crippen molar-refractivity contribution in [3.05, 3.63) is 30.3 Å². The molecule has 0 fully saturated rings. The van der Waals surface area contributed by atoms with E-state index >= 15 is 0 Å². The summed E-state index contributed by atoms with van der Waals surface area (Å²) in [6.45, 7) is 0. The molecule has 1 aliphatic rings. The molecule has 2 rings (SSSR count). The standard InChI is InChI=1S/C11H8ClNO4/c12-10(17-7-4-2-1-3-5-7)8(14)9-11(15)13-6-16-9/h1-6,9-10H. The number of Topliss-reactive ketones (excluding diaryl/α,β-unsaturated/α-hetero) is 1. The Morgan fingerprint density at radius 2 is 2.12 bits per heavy atom. The van der Waals surface area contributed by atoms with Crippen molar-refractivity contribution in [3.8, 4) is 5.75 Å². The minimum Gasteiger partial charge on any atom is -0.467 e. The first-order chi connectivity index (χ1) is 8.18. The van der Waals surface area contributed by atoms with E-state index < -0.39 is 23.4 Å². The van der Waals surface area contributed by atoms with Gasteiger partial charge in [-0.15, -0.1) is 0 Å². The first-order valence-corrected chi connectivity index (χ1v) is 5.23. The van der Waals surface area contributed by atoms with Crippen molar-refractivity contribution >= 4 is 29.7 Å². The lowest BCUT2D eigenvalue weighted by atomic mass is 10.2. The third kappa shape index (κ3) is 2.62. The number of ether oxygens (including phenoxy) is 2. The molecule has 1 aliphatic heterocycles. The van der Waals surface area contributed by atoms with Crippen LogP contribution in [0.5, 0.6) is 5.75 Å². The van der Waals surface area contributed by atoms with E-state index in [1.54, 1.807) is 30.3 Å². The van der Waals surface area contributed by atoms with Gasteiger partial charge in [0.1, 0.15) is 5.75 Å². The molecule has 0 radical (unpaired) electrons. The van der Waals surface area contributed by atoms with Crippen LogP contribution < -0.4 is 4.74 Å². The lowest BCUT2D eigenvalue weighted by Crippen LogP contribution is -2.36. The normalized spacial score (nSPS) is 19.8. The molecule has 17 heavy (non-hydrogen) atoms. The highest BCUT2D eigenvalue weighted by atomic mass is 35.5. The van der Waals surface area contributed by atoms with Crippen LogP contribution in [0.25, 0.3) is 0 Å². The van der Waals surface area contributed by atoms with Gasteiger partial charge in [0.15, 0.2) is 6.40 Å². The summed E-state index contributed by atoms with van der Waals surface area (Å²) in [4.78, 5) is 26.1. The van der Waals surface area contributed by atoms with E-state index in [-0.39, 0.29) is 0 Å². The number of ketones is 1. The SMILES string of the molecule is O=C1N=COC1C(=O)C(Cl)Oc1ccccc1. The maximum absolute atomic E-state index is 11.7. The van der Waals surface area contributed by atoms with Crippen molar-refractivity contribution < 1.29 is 19.1 Å². The molecule has 1 amide bonds. The minimum absolute atomic E-state index is 0.437. The first-order valence-electron chi connectivity index (χ1n) is 4.80. The lowest BCUT2D eigenvalue weighted by molar-refractivity contribution is -0.137. The highest BCUT2D eigenvalue weighted by Crippen LogP contribution is 2.16. The molecule has 0 saturated heterocycles. The number of nitrogens with zero attached hydrogens (tertiary/aromatic N) is 1. The molecule has 0 aliphatic carbocycles. The van der Waals surface area contributed by atoms with E-state index in [0.29, 0.717) is 5.75 Å². The topological polar surface area (TPSA) is 65.0 Å². The Kier molecular flexibility index (Phi) is 3.39. The third-order valence-corrected chi connectivity index (χ3v) is 2.37.